The average molecular weight is 490 g/mol. The molecule has 1 aromatic carbocycles. The number of benzene rings is 1. The van der Waals surface area contributed by atoms with Gasteiger partial charge in [0, 0.05) is 38.8 Å². The molecular weight excluding hydrogens is 458 g/mol. The molecule has 1 heterocycles. The van der Waals surface area contributed by atoms with Crippen LogP contribution in [0.1, 0.15) is 44.3 Å². The van der Waals surface area contributed by atoms with Crippen LogP contribution in [0.5, 0.6) is 0 Å². The third-order valence-corrected chi connectivity index (χ3v) is 5.22. The number of aliphatic imine (C=N–C) groups is 1. The van der Waals surface area contributed by atoms with Crippen molar-refractivity contribution >= 4 is 29.9 Å². The first-order valence-electron chi connectivity index (χ1n) is 9.76. The minimum atomic E-state index is -0.236. The molecule has 0 bridgehead atoms. The van der Waals surface area contributed by atoms with Gasteiger partial charge < -0.3 is 20.3 Å². The molecule has 7 heteroatoms. The lowest BCUT2D eigenvalue weighted by Gasteiger charge is -2.33. The monoisotopic (exact) mass is 490 g/mol. The molecule has 1 atom stereocenters. The van der Waals surface area contributed by atoms with Gasteiger partial charge in [-0.3, -0.25) is 4.99 Å². The van der Waals surface area contributed by atoms with Gasteiger partial charge in [0.15, 0.2) is 5.96 Å². The van der Waals surface area contributed by atoms with Crippen molar-refractivity contribution in [3.63, 3.8) is 0 Å². The Balaban J connectivity index is 0.00000261. The number of halogens is 2. The number of hydrogen-bond donors (Lipinski definition) is 2. The number of guanidine groups is 1. The molecule has 1 saturated heterocycles. The van der Waals surface area contributed by atoms with Gasteiger partial charge in [0.25, 0.3) is 0 Å². The number of nitrogens with one attached hydrogen (secondary N) is 2. The Kier molecular flexibility index (Phi) is 9.25. The Bertz CT molecular complexity index is 586. The van der Waals surface area contributed by atoms with E-state index < -0.39 is 0 Å². The van der Waals surface area contributed by atoms with Crippen LogP contribution < -0.4 is 10.6 Å². The summed E-state index contributed by atoms with van der Waals surface area (Å²) in [6, 6.07) is 7.76. The summed E-state index contributed by atoms with van der Waals surface area (Å²) in [5.41, 5.74) is 0.936. The van der Waals surface area contributed by atoms with E-state index in [2.05, 4.69) is 22.5 Å². The number of nitrogens with zero attached hydrogens (tertiary/aromatic N) is 2. The van der Waals surface area contributed by atoms with Crippen LogP contribution in [0.4, 0.5) is 4.39 Å². The Morgan fingerprint density at radius 1 is 1.22 bits per heavy atom. The van der Waals surface area contributed by atoms with Crippen molar-refractivity contribution in [1.82, 2.24) is 15.5 Å². The third kappa shape index (κ3) is 6.87. The average Bonchev–Trinajstić information content (AvgIpc) is 3.49. The molecule has 0 spiro atoms. The van der Waals surface area contributed by atoms with E-state index in [9.17, 15) is 4.39 Å². The van der Waals surface area contributed by atoms with E-state index in [0.717, 1.165) is 37.0 Å². The van der Waals surface area contributed by atoms with E-state index >= 15 is 0 Å². The van der Waals surface area contributed by atoms with Gasteiger partial charge in [-0.2, -0.15) is 0 Å². The topological polar surface area (TPSA) is 48.9 Å². The Labute approximate surface area is 179 Å². The van der Waals surface area contributed by atoms with Crippen LogP contribution in [-0.4, -0.2) is 56.2 Å². The summed E-state index contributed by atoms with van der Waals surface area (Å²) in [6.07, 6.45) is 4.90. The first-order chi connectivity index (χ1) is 12.7. The first kappa shape index (κ1) is 22.4. The molecule has 0 radical (unpaired) electrons. The standard InChI is InChI=1S/C20H31FN4O.HI/c1-3-22-20(24-17-10-12-25(13-11-17)18-8-9-18)23-14-19(26-2)15-4-6-16(21)7-5-15;/h4-7,17-19H,3,8-14H2,1-2H3,(H2,22,23,24);1H. The molecule has 152 valence electrons. The van der Waals surface area contributed by atoms with Crippen molar-refractivity contribution < 1.29 is 9.13 Å². The van der Waals surface area contributed by atoms with Crippen molar-refractivity contribution in [2.45, 2.75) is 50.8 Å². The first-order valence-corrected chi connectivity index (χ1v) is 9.76. The van der Waals surface area contributed by atoms with Crippen molar-refractivity contribution in [3.05, 3.63) is 35.6 Å². The molecule has 1 unspecified atom stereocenters. The molecular formula is C20H32FIN4O. The summed E-state index contributed by atoms with van der Waals surface area (Å²) < 4.78 is 18.7. The molecule has 2 fully saturated rings. The lowest BCUT2D eigenvalue weighted by atomic mass is 10.1. The normalized spacial score (nSPS) is 20.0. The predicted molar refractivity (Wildman–Crippen MR) is 118 cm³/mol. The number of ether oxygens (including phenoxy) is 1. The van der Waals surface area contributed by atoms with Gasteiger partial charge >= 0.3 is 0 Å². The second-order valence-electron chi connectivity index (χ2n) is 7.18. The number of hydrogen-bond acceptors (Lipinski definition) is 3. The predicted octanol–water partition coefficient (Wildman–Crippen LogP) is 3.31. The van der Waals surface area contributed by atoms with Crippen molar-refractivity contribution in [3.8, 4) is 0 Å². The fourth-order valence-corrected chi connectivity index (χ4v) is 3.53. The smallest absolute Gasteiger partial charge is 0.191 e. The van der Waals surface area contributed by atoms with Crippen LogP contribution in [0.15, 0.2) is 29.3 Å². The van der Waals surface area contributed by atoms with E-state index in [1.54, 1.807) is 19.2 Å². The van der Waals surface area contributed by atoms with E-state index in [4.69, 9.17) is 9.73 Å². The van der Waals surface area contributed by atoms with E-state index in [-0.39, 0.29) is 35.9 Å². The maximum absolute atomic E-state index is 13.1. The van der Waals surface area contributed by atoms with Crippen molar-refractivity contribution in [2.24, 2.45) is 4.99 Å². The summed E-state index contributed by atoms with van der Waals surface area (Å²) in [6.45, 7) is 5.75. The molecule has 3 rings (SSSR count). The van der Waals surface area contributed by atoms with Gasteiger partial charge in [-0.15, -0.1) is 24.0 Å². The second kappa shape index (κ2) is 11.2. The number of rotatable bonds is 7. The van der Waals surface area contributed by atoms with E-state index in [0.29, 0.717) is 12.6 Å². The zero-order valence-corrected chi connectivity index (χ0v) is 18.6. The van der Waals surface area contributed by atoms with Crippen LogP contribution in [0.25, 0.3) is 0 Å². The van der Waals surface area contributed by atoms with Crippen molar-refractivity contribution in [1.29, 1.82) is 0 Å². The van der Waals surface area contributed by atoms with Gasteiger partial charge in [-0.25, -0.2) is 4.39 Å². The van der Waals surface area contributed by atoms with Crippen molar-refractivity contribution in [2.75, 3.05) is 33.3 Å². The highest BCUT2D eigenvalue weighted by Gasteiger charge is 2.31. The summed E-state index contributed by atoms with van der Waals surface area (Å²) in [7, 11) is 1.66. The quantitative estimate of drug-likeness (QED) is 0.350. The molecule has 5 nitrogen and oxygen atoms in total. The van der Waals surface area contributed by atoms with Crippen LogP contribution in [0.3, 0.4) is 0 Å². The van der Waals surface area contributed by atoms with Gasteiger partial charge in [0.2, 0.25) is 0 Å². The molecule has 1 aliphatic carbocycles. The van der Waals surface area contributed by atoms with E-state index in [1.165, 1.54) is 38.1 Å². The van der Waals surface area contributed by atoms with Gasteiger partial charge in [-0.05, 0) is 50.3 Å². The summed E-state index contributed by atoms with van der Waals surface area (Å²) in [5.74, 6) is 0.598. The number of piperidine rings is 1. The van der Waals surface area contributed by atoms with Crippen LogP contribution >= 0.6 is 24.0 Å². The maximum atomic E-state index is 13.1. The molecule has 0 aromatic heterocycles. The molecule has 0 amide bonds. The zero-order valence-electron chi connectivity index (χ0n) is 16.3. The number of methoxy groups -OCH3 is 1. The minimum absolute atomic E-state index is 0. The van der Waals surface area contributed by atoms with Crippen LogP contribution in [-0.2, 0) is 4.74 Å². The largest absolute Gasteiger partial charge is 0.375 e. The molecule has 2 N–H and O–H groups in total. The highest BCUT2D eigenvalue weighted by atomic mass is 127. The Morgan fingerprint density at radius 2 is 1.89 bits per heavy atom. The summed E-state index contributed by atoms with van der Waals surface area (Å²) in [4.78, 5) is 7.33. The molecule has 27 heavy (non-hydrogen) atoms. The Hall–Kier alpha value is -0.930. The molecule has 1 aromatic rings. The lowest BCUT2D eigenvalue weighted by molar-refractivity contribution is 0.110. The van der Waals surface area contributed by atoms with Gasteiger partial charge in [-0.1, -0.05) is 12.1 Å². The molecule has 1 saturated carbocycles. The summed E-state index contributed by atoms with van der Waals surface area (Å²) >= 11 is 0. The highest BCUT2D eigenvalue weighted by molar-refractivity contribution is 14.0. The van der Waals surface area contributed by atoms with Crippen LogP contribution in [0.2, 0.25) is 0 Å². The molecule has 2 aliphatic rings. The highest BCUT2D eigenvalue weighted by Crippen LogP contribution is 2.29. The van der Waals surface area contributed by atoms with Crippen LogP contribution in [0, 0.1) is 5.82 Å². The fourth-order valence-electron chi connectivity index (χ4n) is 3.53. The Morgan fingerprint density at radius 3 is 2.44 bits per heavy atom. The van der Waals surface area contributed by atoms with E-state index in [1.807, 2.05) is 0 Å². The number of likely N-dealkylation sites (tertiary alicyclic amines) is 1. The van der Waals surface area contributed by atoms with Gasteiger partial charge in [0.1, 0.15) is 11.9 Å². The minimum Gasteiger partial charge on any atom is -0.375 e. The zero-order chi connectivity index (χ0) is 18.4. The second-order valence-corrected chi connectivity index (χ2v) is 7.18. The lowest BCUT2D eigenvalue weighted by Crippen LogP contribution is -2.49. The van der Waals surface area contributed by atoms with Gasteiger partial charge in [0.05, 0.1) is 6.54 Å². The third-order valence-electron chi connectivity index (χ3n) is 5.22. The fraction of sp³-hybridized carbons (Fsp3) is 0.650. The SMILES string of the molecule is CCNC(=NCC(OC)c1ccc(F)cc1)NC1CCN(C2CC2)CC1.I. The molecule has 1 aliphatic heterocycles. The maximum Gasteiger partial charge on any atom is 0.191 e. The summed E-state index contributed by atoms with van der Waals surface area (Å²) in [5, 5.41) is 6.90.